The maximum Gasteiger partial charge on any atom is 0.179 e. The van der Waals surface area contributed by atoms with Crippen molar-refractivity contribution in [3.63, 3.8) is 0 Å². The highest BCUT2D eigenvalue weighted by Crippen LogP contribution is 2.25. The smallest absolute Gasteiger partial charge is 0.179 e. The Labute approximate surface area is 54.2 Å². The fraction of sp³-hybridized carbons (Fsp3) is 0.833. The molecule has 1 saturated heterocycles. The monoisotopic (exact) mass is 127 g/mol. The van der Waals surface area contributed by atoms with E-state index in [1.54, 1.807) is 7.11 Å². The van der Waals surface area contributed by atoms with Crippen molar-refractivity contribution >= 4 is 0 Å². The van der Waals surface area contributed by atoms with Crippen LogP contribution in [0, 0.1) is 11.3 Å². The molecule has 0 aromatic heterocycles. The van der Waals surface area contributed by atoms with Crippen LogP contribution in [-0.4, -0.2) is 25.9 Å². The van der Waals surface area contributed by atoms with E-state index < -0.39 is 5.60 Å². The summed E-state index contributed by atoms with van der Waals surface area (Å²) < 4.78 is 9.81. The molecule has 1 atom stereocenters. The van der Waals surface area contributed by atoms with Crippen LogP contribution < -0.4 is 0 Å². The van der Waals surface area contributed by atoms with Crippen LogP contribution in [0.4, 0.5) is 0 Å². The van der Waals surface area contributed by atoms with Crippen LogP contribution in [-0.2, 0) is 9.47 Å². The van der Waals surface area contributed by atoms with Crippen LogP contribution in [0.2, 0.25) is 0 Å². The summed E-state index contributed by atoms with van der Waals surface area (Å²) in [5, 5.41) is 8.51. The molecule has 0 aliphatic carbocycles. The number of nitriles is 1. The van der Waals surface area contributed by atoms with Gasteiger partial charge in [0.15, 0.2) is 5.60 Å². The molecule has 0 spiro atoms. The molecule has 0 saturated carbocycles. The third-order valence-corrected chi connectivity index (χ3v) is 1.47. The summed E-state index contributed by atoms with van der Waals surface area (Å²) in [6.07, 6.45) is 0.803. The van der Waals surface area contributed by atoms with Gasteiger partial charge in [0.1, 0.15) is 6.07 Å². The topological polar surface area (TPSA) is 42.2 Å². The van der Waals surface area contributed by atoms with Crippen molar-refractivity contribution in [2.75, 3.05) is 20.3 Å². The Hall–Kier alpha value is -0.590. The maximum absolute atomic E-state index is 8.51. The fourth-order valence-electron chi connectivity index (χ4n) is 0.816. The second-order valence-electron chi connectivity index (χ2n) is 2.14. The minimum atomic E-state index is -0.602. The van der Waals surface area contributed by atoms with Crippen LogP contribution in [0.3, 0.4) is 0 Å². The molecule has 0 aromatic carbocycles. The minimum absolute atomic E-state index is 0.392. The van der Waals surface area contributed by atoms with Gasteiger partial charge in [0.25, 0.3) is 0 Å². The van der Waals surface area contributed by atoms with E-state index in [0.29, 0.717) is 13.2 Å². The summed E-state index contributed by atoms with van der Waals surface area (Å²) in [6.45, 7) is 1.08. The summed E-state index contributed by atoms with van der Waals surface area (Å²) in [4.78, 5) is 0. The Balaban J connectivity index is 2.40. The Morgan fingerprint density at radius 1 is 1.89 bits per heavy atom. The number of hydrogen-bond donors (Lipinski definition) is 0. The van der Waals surface area contributed by atoms with E-state index in [1.807, 2.05) is 0 Å². The molecule has 0 bridgehead atoms. The zero-order valence-corrected chi connectivity index (χ0v) is 5.39. The van der Waals surface area contributed by atoms with Gasteiger partial charge in [-0.25, -0.2) is 0 Å². The van der Waals surface area contributed by atoms with Crippen molar-refractivity contribution < 1.29 is 9.47 Å². The Morgan fingerprint density at radius 3 is 2.67 bits per heavy atom. The van der Waals surface area contributed by atoms with Crippen molar-refractivity contribution in [2.45, 2.75) is 12.0 Å². The number of ether oxygens (including phenoxy) is 2. The quantitative estimate of drug-likeness (QED) is 0.536. The lowest BCUT2D eigenvalue weighted by atomic mass is 9.98. The Bertz CT molecular complexity index is 134. The third-order valence-electron chi connectivity index (χ3n) is 1.47. The molecule has 0 aromatic rings. The van der Waals surface area contributed by atoms with E-state index in [4.69, 9.17) is 14.7 Å². The molecule has 0 radical (unpaired) electrons. The Kier molecular flexibility index (Phi) is 1.70. The first kappa shape index (κ1) is 6.53. The summed E-state index contributed by atoms with van der Waals surface area (Å²) in [5.74, 6) is 0. The molecule has 1 heterocycles. The maximum atomic E-state index is 8.51. The van der Waals surface area contributed by atoms with E-state index >= 15 is 0 Å². The highest BCUT2D eigenvalue weighted by Gasteiger charge is 2.38. The molecule has 3 heteroatoms. The van der Waals surface area contributed by atoms with Crippen LogP contribution in [0.25, 0.3) is 0 Å². The van der Waals surface area contributed by atoms with E-state index in [2.05, 4.69) is 6.07 Å². The van der Waals surface area contributed by atoms with Gasteiger partial charge >= 0.3 is 0 Å². The summed E-state index contributed by atoms with van der Waals surface area (Å²) in [7, 11) is 1.57. The Morgan fingerprint density at radius 2 is 2.56 bits per heavy atom. The molecule has 0 N–H and O–H groups in total. The highest BCUT2D eigenvalue weighted by atomic mass is 16.6. The number of methoxy groups -OCH3 is 1. The van der Waals surface area contributed by atoms with Gasteiger partial charge in [0, 0.05) is 13.5 Å². The summed E-state index contributed by atoms with van der Waals surface area (Å²) in [6, 6.07) is 2.07. The van der Waals surface area contributed by atoms with E-state index in [0.717, 1.165) is 6.42 Å². The average Bonchev–Trinajstić information content (AvgIpc) is 1.79. The lowest BCUT2D eigenvalue weighted by Crippen LogP contribution is -2.46. The van der Waals surface area contributed by atoms with Gasteiger partial charge in [-0.05, 0) is 0 Å². The summed E-state index contributed by atoms with van der Waals surface area (Å²) in [5.41, 5.74) is -0.602. The van der Waals surface area contributed by atoms with Crippen LogP contribution in [0.15, 0.2) is 0 Å². The van der Waals surface area contributed by atoms with Gasteiger partial charge in [-0.3, -0.25) is 0 Å². The molecule has 1 fully saturated rings. The van der Waals surface area contributed by atoms with Crippen molar-refractivity contribution in [2.24, 2.45) is 0 Å². The van der Waals surface area contributed by atoms with Gasteiger partial charge < -0.3 is 9.47 Å². The van der Waals surface area contributed by atoms with Gasteiger partial charge in [0.05, 0.1) is 13.2 Å². The minimum Gasteiger partial charge on any atom is -0.381 e. The van der Waals surface area contributed by atoms with E-state index in [9.17, 15) is 0 Å². The van der Waals surface area contributed by atoms with Crippen LogP contribution >= 0.6 is 0 Å². The molecule has 50 valence electrons. The third kappa shape index (κ3) is 1.04. The highest BCUT2D eigenvalue weighted by molar-refractivity contribution is 5.06. The predicted molar refractivity (Wildman–Crippen MR) is 30.8 cm³/mol. The molecular formula is C6H9NO2. The second-order valence-corrected chi connectivity index (χ2v) is 2.14. The average molecular weight is 127 g/mol. The van der Waals surface area contributed by atoms with Crippen LogP contribution in [0.1, 0.15) is 6.42 Å². The lowest BCUT2D eigenvalue weighted by molar-refractivity contribution is -0.137. The lowest BCUT2D eigenvalue weighted by Gasteiger charge is -2.34. The van der Waals surface area contributed by atoms with Gasteiger partial charge in [0.2, 0.25) is 0 Å². The predicted octanol–water partition coefficient (Wildman–Crippen LogP) is 0.315. The largest absolute Gasteiger partial charge is 0.381 e. The second kappa shape index (κ2) is 2.34. The normalized spacial score (nSPS) is 32.9. The molecule has 1 aliphatic heterocycles. The molecule has 1 aliphatic rings. The first-order valence-corrected chi connectivity index (χ1v) is 2.87. The van der Waals surface area contributed by atoms with Gasteiger partial charge in [-0.15, -0.1) is 0 Å². The first-order chi connectivity index (χ1) is 4.33. The zero-order valence-electron chi connectivity index (χ0n) is 5.39. The molecule has 9 heavy (non-hydrogen) atoms. The fourth-order valence-corrected chi connectivity index (χ4v) is 0.816. The van der Waals surface area contributed by atoms with Gasteiger partial charge in [-0.1, -0.05) is 0 Å². The number of nitrogens with zero attached hydrogens (tertiary/aromatic N) is 1. The van der Waals surface area contributed by atoms with Crippen molar-refractivity contribution in [1.29, 1.82) is 5.26 Å². The standard InChI is InChI=1S/C6H9NO2/c1-8-5-6(4-7)2-3-9-6/h2-3,5H2,1H3. The SMILES string of the molecule is COCC1(C#N)CCO1. The molecule has 3 nitrogen and oxygen atoms in total. The number of hydrogen-bond acceptors (Lipinski definition) is 3. The van der Waals surface area contributed by atoms with Crippen molar-refractivity contribution in [3.05, 3.63) is 0 Å². The van der Waals surface area contributed by atoms with Crippen molar-refractivity contribution in [3.8, 4) is 6.07 Å². The molecular weight excluding hydrogens is 118 g/mol. The van der Waals surface area contributed by atoms with Crippen molar-refractivity contribution in [1.82, 2.24) is 0 Å². The molecule has 1 rings (SSSR count). The summed E-state index contributed by atoms with van der Waals surface area (Å²) >= 11 is 0. The van der Waals surface area contributed by atoms with Crippen LogP contribution in [0.5, 0.6) is 0 Å². The van der Waals surface area contributed by atoms with E-state index in [-0.39, 0.29) is 0 Å². The molecule has 0 amide bonds. The van der Waals surface area contributed by atoms with E-state index in [1.165, 1.54) is 0 Å². The zero-order chi connectivity index (χ0) is 6.74. The van der Waals surface area contributed by atoms with Gasteiger partial charge in [-0.2, -0.15) is 5.26 Å². The molecule has 1 unspecified atom stereocenters. The first-order valence-electron chi connectivity index (χ1n) is 2.87. The number of rotatable bonds is 2.